The fraction of sp³-hybridized carbons (Fsp3) is 0.300. The van der Waals surface area contributed by atoms with Crippen LogP contribution in [0.2, 0.25) is 0 Å². The molecule has 0 radical (unpaired) electrons. The summed E-state index contributed by atoms with van der Waals surface area (Å²) in [5, 5.41) is 0. The van der Waals surface area contributed by atoms with E-state index in [0.29, 0.717) is 43.9 Å². The zero-order chi connectivity index (χ0) is 20.6. The van der Waals surface area contributed by atoms with Gasteiger partial charge in [0.05, 0.1) is 16.0 Å². The summed E-state index contributed by atoms with van der Waals surface area (Å²) in [5.74, 6) is -1.06. The summed E-state index contributed by atoms with van der Waals surface area (Å²) >= 11 is 0. The van der Waals surface area contributed by atoms with Gasteiger partial charge in [-0.25, -0.2) is 12.8 Å². The Morgan fingerprint density at radius 2 is 1.34 bits per heavy atom. The fourth-order valence-electron chi connectivity index (χ4n) is 3.63. The van der Waals surface area contributed by atoms with Crippen LogP contribution in [-0.2, 0) is 10.0 Å². The maximum atomic E-state index is 13.1. The Kier molecular flexibility index (Phi) is 5.20. The summed E-state index contributed by atoms with van der Waals surface area (Å²) in [5.41, 5.74) is 0.848. The molecule has 1 fully saturated rings. The lowest BCUT2D eigenvalue weighted by Gasteiger charge is -2.34. The van der Waals surface area contributed by atoms with Gasteiger partial charge in [0.2, 0.25) is 10.0 Å². The lowest BCUT2D eigenvalue weighted by atomic mass is 10.1. The minimum atomic E-state index is -3.67. The zero-order valence-electron chi connectivity index (χ0n) is 15.6. The van der Waals surface area contributed by atoms with Gasteiger partial charge in [0, 0.05) is 39.3 Å². The van der Waals surface area contributed by atoms with Crippen LogP contribution in [0.25, 0.3) is 0 Å². The molecule has 0 atom stereocenters. The second kappa shape index (κ2) is 7.66. The second-order valence-electron chi connectivity index (χ2n) is 7.01. The summed E-state index contributed by atoms with van der Waals surface area (Å²) in [6.07, 6.45) is 0. The lowest BCUT2D eigenvalue weighted by Crippen LogP contribution is -2.50. The molecule has 0 N–H and O–H groups in total. The Morgan fingerprint density at radius 1 is 0.793 bits per heavy atom. The summed E-state index contributed by atoms with van der Waals surface area (Å²) in [6.45, 7) is 2.31. The van der Waals surface area contributed by atoms with E-state index in [9.17, 15) is 22.4 Å². The lowest BCUT2D eigenvalue weighted by molar-refractivity contribution is 0.0628. The minimum Gasteiger partial charge on any atom is -0.299 e. The van der Waals surface area contributed by atoms with Crippen LogP contribution < -0.4 is 0 Å². The first-order valence-electron chi connectivity index (χ1n) is 9.31. The van der Waals surface area contributed by atoms with Gasteiger partial charge in [0.1, 0.15) is 5.82 Å². The number of imide groups is 1. The van der Waals surface area contributed by atoms with Gasteiger partial charge in [-0.3, -0.25) is 19.4 Å². The smallest absolute Gasteiger partial charge is 0.261 e. The molecule has 0 aromatic heterocycles. The van der Waals surface area contributed by atoms with Crippen molar-refractivity contribution in [2.24, 2.45) is 0 Å². The fourth-order valence-corrected chi connectivity index (χ4v) is 5.05. The van der Waals surface area contributed by atoms with Gasteiger partial charge in [-0.15, -0.1) is 0 Å². The van der Waals surface area contributed by atoms with E-state index in [2.05, 4.69) is 0 Å². The predicted molar refractivity (Wildman–Crippen MR) is 103 cm³/mol. The molecule has 2 heterocycles. The molecule has 2 aliphatic heterocycles. The van der Waals surface area contributed by atoms with Crippen LogP contribution in [0.4, 0.5) is 4.39 Å². The molecule has 2 aromatic carbocycles. The highest BCUT2D eigenvalue weighted by Gasteiger charge is 2.35. The molecule has 0 unspecified atom stereocenters. The van der Waals surface area contributed by atoms with Crippen LogP contribution in [0.3, 0.4) is 0 Å². The van der Waals surface area contributed by atoms with E-state index in [1.54, 1.807) is 24.3 Å². The third-order valence-corrected chi connectivity index (χ3v) is 7.21. The molecular weight excluding hydrogens is 397 g/mol. The van der Waals surface area contributed by atoms with Gasteiger partial charge >= 0.3 is 0 Å². The number of amides is 2. The maximum absolute atomic E-state index is 13.1. The third kappa shape index (κ3) is 3.68. The summed E-state index contributed by atoms with van der Waals surface area (Å²) in [4.78, 5) is 28.2. The van der Waals surface area contributed by atoms with E-state index in [4.69, 9.17) is 0 Å². The molecule has 29 heavy (non-hydrogen) atoms. The van der Waals surface area contributed by atoms with Crippen molar-refractivity contribution in [3.8, 4) is 0 Å². The van der Waals surface area contributed by atoms with Gasteiger partial charge < -0.3 is 0 Å². The standard InChI is InChI=1S/C20H20FN3O4S/c21-15-5-7-16(8-6-15)29(27,28)23-12-9-22(10-13-23)11-14-24-19(25)17-3-1-2-4-18(17)20(24)26/h1-8H,9-14H2. The number of piperazine rings is 1. The third-order valence-electron chi connectivity index (χ3n) is 5.30. The maximum Gasteiger partial charge on any atom is 0.261 e. The van der Waals surface area contributed by atoms with Gasteiger partial charge in [0.15, 0.2) is 0 Å². The Morgan fingerprint density at radius 3 is 1.90 bits per heavy atom. The second-order valence-corrected chi connectivity index (χ2v) is 8.95. The molecule has 9 heteroatoms. The van der Waals surface area contributed by atoms with E-state index in [1.165, 1.54) is 21.3 Å². The van der Waals surface area contributed by atoms with Crippen molar-refractivity contribution >= 4 is 21.8 Å². The predicted octanol–water partition coefficient (Wildman–Crippen LogP) is 1.43. The summed E-state index contributed by atoms with van der Waals surface area (Å²) in [7, 11) is -3.67. The Labute approximate surface area is 168 Å². The quantitative estimate of drug-likeness (QED) is 0.688. The Hall–Kier alpha value is -2.62. The molecule has 0 bridgehead atoms. The molecule has 0 saturated carbocycles. The largest absolute Gasteiger partial charge is 0.299 e. The highest BCUT2D eigenvalue weighted by atomic mass is 32.2. The summed E-state index contributed by atoms with van der Waals surface area (Å²) in [6, 6.07) is 11.5. The van der Waals surface area contributed by atoms with Crippen molar-refractivity contribution in [2.75, 3.05) is 39.3 Å². The number of carbonyl (C=O) groups excluding carboxylic acids is 2. The number of halogens is 1. The number of carbonyl (C=O) groups is 2. The highest BCUT2D eigenvalue weighted by Crippen LogP contribution is 2.22. The van der Waals surface area contributed by atoms with Gasteiger partial charge in [0.25, 0.3) is 11.8 Å². The van der Waals surface area contributed by atoms with Crippen molar-refractivity contribution < 1.29 is 22.4 Å². The summed E-state index contributed by atoms with van der Waals surface area (Å²) < 4.78 is 39.8. The number of hydrogen-bond acceptors (Lipinski definition) is 5. The van der Waals surface area contributed by atoms with E-state index in [0.717, 1.165) is 12.1 Å². The number of sulfonamides is 1. The SMILES string of the molecule is O=C1c2ccccc2C(=O)N1CCN1CCN(S(=O)(=O)c2ccc(F)cc2)CC1. The Balaban J connectivity index is 1.33. The van der Waals surface area contributed by atoms with Crippen molar-refractivity contribution in [3.63, 3.8) is 0 Å². The van der Waals surface area contributed by atoms with Crippen LogP contribution in [0.1, 0.15) is 20.7 Å². The van der Waals surface area contributed by atoms with Gasteiger partial charge in [-0.2, -0.15) is 4.31 Å². The monoisotopic (exact) mass is 417 g/mol. The molecule has 4 rings (SSSR count). The van der Waals surface area contributed by atoms with Crippen LogP contribution in [0.5, 0.6) is 0 Å². The van der Waals surface area contributed by atoms with E-state index in [1.807, 2.05) is 4.90 Å². The number of fused-ring (bicyclic) bond motifs is 1. The molecule has 1 saturated heterocycles. The number of benzene rings is 2. The average Bonchev–Trinajstić information content (AvgIpc) is 2.97. The van der Waals surface area contributed by atoms with Crippen LogP contribution in [0.15, 0.2) is 53.4 Å². The van der Waals surface area contributed by atoms with E-state index in [-0.39, 0.29) is 23.3 Å². The van der Waals surface area contributed by atoms with Crippen LogP contribution >= 0.6 is 0 Å². The first kappa shape index (κ1) is 19.7. The number of hydrogen-bond donors (Lipinski definition) is 0. The van der Waals surface area contributed by atoms with Crippen LogP contribution in [-0.4, -0.2) is 73.6 Å². The van der Waals surface area contributed by atoms with Crippen molar-refractivity contribution in [3.05, 3.63) is 65.5 Å². The molecule has 152 valence electrons. The van der Waals surface area contributed by atoms with Crippen LogP contribution in [0, 0.1) is 5.82 Å². The molecule has 0 aliphatic carbocycles. The van der Waals surface area contributed by atoms with Crippen molar-refractivity contribution in [2.45, 2.75) is 4.90 Å². The van der Waals surface area contributed by atoms with Gasteiger partial charge in [-0.05, 0) is 36.4 Å². The topological polar surface area (TPSA) is 78.0 Å². The van der Waals surface area contributed by atoms with E-state index < -0.39 is 15.8 Å². The average molecular weight is 417 g/mol. The molecule has 2 aromatic rings. The first-order valence-corrected chi connectivity index (χ1v) is 10.8. The molecular formula is C20H20FN3O4S. The van der Waals surface area contributed by atoms with Crippen molar-refractivity contribution in [1.29, 1.82) is 0 Å². The Bertz CT molecular complexity index is 1010. The van der Waals surface area contributed by atoms with Gasteiger partial charge in [-0.1, -0.05) is 12.1 Å². The highest BCUT2D eigenvalue weighted by molar-refractivity contribution is 7.89. The number of rotatable bonds is 5. The molecule has 7 nitrogen and oxygen atoms in total. The normalized spacial score (nSPS) is 18.3. The molecule has 0 spiro atoms. The minimum absolute atomic E-state index is 0.0679. The number of nitrogens with zero attached hydrogens (tertiary/aromatic N) is 3. The zero-order valence-corrected chi connectivity index (χ0v) is 16.4. The first-order chi connectivity index (χ1) is 13.9. The molecule has 2 amide bonds. The van der Waals surface area contributed by atoms with Crippen molar-refractivity contribution in [1.82, 2.24) is 14.1 Å². The molecule has 2 aliphatic rings. The van der Waals surface area contributed by atoms with E-state index >= 15 is 0 Å².